The standard InChI is InChI=1S/C13H18N4OS/c1-9(2)7-12-14-10(8-19-12)13(18)17(4)11-5-6-16(3)15-11/h5-6,8-9H,7H2,1-4H3. The number of hydrogen-bond acceptors (Lipinski definition) is 4. The Bertz CT molecular complexity index is 573. The summed E-state index contributed by atoms with van der Waals surface area (Å²) < 4.78 is 1.67. The first kappa shape index (κ1) is 13.7. The van der Waals surface area contributed by atoms with E-state index in [1.807, 2.05) is 18.6 Å². The zero-order valence-corrected chi connectivity index (χ0v) is 12.4. The van der Waals surface area contributed by atoms with Crippen molar-refractivity contribution in [3.63, 3.8) is 0 Å². The normalized spacial score (nSPS) is 11.0. The van der Waals surface area contributed by atoms with Crippen LogP contribution in [0.15, 0.2) is 17.6 Å². The third-order valence-electron chi connectivity index (χ3n) is 2.70. The van der Waals surface area contributed by atoms with Crippen LogP contribution in [0.3, 0.4) is 0 Å². The Kier molecular flexibility index (Phi) is 3.99. The van der Waals surface area contributed by atoms with Crippen molar-refractivity contribution in [2.75, 3.05) is 11.9 Å². The van der Waals surface area contributed by atoms with Crippen LogP contribution in [0.5, 0.6) is 0 Å². The number of rotatable bonds is 4. The molecule has 6 heteroatoms. The predicted octanol–water partition coefficient (Wildman–Crippen LogP) is 2.35. The lowest BCUT2D eigenvalue weighted by molar-refractivity contribution is 0.0988. The number of anilines is 1. The van der Waals surface area contributed by atoms with Gasteiger partial charge in [0, 0.05) is 38.2 Å². The van der Waals surface area contributed by atoms with E-state index in [0.717, 1.165) is 11.4 Å². The molecule has 0 spiro atoms. The molecule has 2 heterocycles. The number of carbonyl (C=O) groups excluding carboxylic acids is 1. The highest BCUT2D eigenvalue weighted by Crippen LogP contribution is 2.17. The van der Waals surface area contributed by atoms with Crippen LogP contribution in [0.25, 0.3) is 0 Å². The molecule has 19 heavy (non-hydrogen) atoms. The molecule has 102 valence electrons. The first-order chi connectivity index (χ1) is 8.97. The van der Waals surface area contributed by atoms with Crippen LogP contribution in [0.1, 0.15) is 29.3 Å². The summed E-state index contributed by atoms with van der Waals surface area (Å²) in [6.07, 6.45) is 2.72. The van der Waals surface area contributed by atoms with Crippen molar-refractivity contribution in [2.24, 2.45) is 13.0 Å². The van der Waals surface area contributed by atoms with E-state index in [9.17, 15) is 4.79 Å². The van der Waals surface area contributed by atoms with Crippen molar-refractivity contribution < 1.29 is 4.79 Å². The fraction of sp³-hybridized carbons (Fsp3) is 0.462. The Morgan fingerprint density at radius 1 is 1.53 bits per heavy atom. The lowest BCUT2D eigenvalue weighted by atomic mass is 10.1. The zero-order chi connectivity index (χ0) is 14.0. The Hall–Kier alpha value is -1.69. The van der Waals surface area contributed by atoms with E-state index in [4.69, 9.17) is 0 Å². The molecule has 0 fully saturated rings. The van der Waals surface area contributed by atoms with Crippen molar-refractivity contribution in [2.45, 2.75) is 20.3 Å². The molecule has 0 saturated heterocycles. The summed E-state index contributed by atoms with van der Waals surface area (Å²) in [4.78, 5) is 18.2. The number of hydrogen-bond donors (Lipinski definition) is 0. The molecule has 0 unspecified atom stereocenters. The van der Waals surface area contributed by atoms with Crippen molar-refractivity contribution >= 4 is 23.1 Å². The number of aryl methyl sites for hydroxylation is 1. The van der Waals surface area contributed by atoms with Crippen LogP contribution in [-0.2, 0) is 13.5 Å². The van der Waals surface area contributed by atoms with E-state index in [1.165, 1.54) is 16.2 Å². The topological polar surface area (TPSA) is 51.0 Å². The summed E-state index contributed by atoms with van der Waals surface area (Å²) in [5.74, 6) is 1.05. The third kappa shape index (κ3) is 3.20. The van der Waals surface area contributed by atoms with Crippen molar-refractivity contribution in [3.05, 3.63) is 28.3 Å². The predicted molar refractivity (Wildman–Crippen MR) is 76.6 cm³/mol. The Labute approximate surface area is 116 Å². The number of carbonyl (C=O) groups is 1. The Morgan fingerprint density at radius 3 is 2.84 bits per heavy atom. The van der Waals surface area contributed by atoms with Gasteiger partial charge in [-0.1, -0.05) is 13.8 Å². The minimum Gasteiger partial charge on any atom is -0.293 e. The average molecular weight is 278 g/mol. The van der Waals surface area contributed by atoms with E-state index in [-0.39, 0.29) is 5.91 Å². The maximum Gasteiger partial charge on any atom is 0.278 e. The molecule has 2 rings (SSSR count). The van der Waals surface area contributed by atoms with Gasteiger partial charge in [0.1, 0.15) is 5.69 Å². The van der Waals surface area contributed by atoms with E-state index in [1.54, 1.807) is 17.8 Å². The second kappa shape index (κ2) is 5.52. The Balaban J connectivity index is 2.13. The smallest absolute Gasteiger partial charge is 0.278 e. The van der Waals surface area contributed by atoms with Crippen LogP contribution >= 0.6 is 11.3 Å². The second-order valence-corrected chi connectivity index (χ2v) is 5.88. The minimum atomic E-state index is -0.120. The molecule has 5 nitrogen and oxygen atoms in total. The molecule has 0 atom stereocenters. The molecule has 0 aliphatic heterocycles. The monoisotopic (exact) mass is 278 g/mol. The van der Waals surface area contributed by atoms with Crippen molar-refractivity contribution in [3.8, 4) is 0 Å². The molecular weight excluding hydrogens is 260 g/mol. The van der Waals surface area contributed by atoms with Gasteiger partial charge in [-0.3, -0.25) is 14.4 Å². The molecule has 0 aliphatic carbocycles. The van der Waals surface area contributed by atoms with Gasteiger partial charge in [0.15, 0.2) is 5.82 Å². The van der Waals surface area contributed by atoms with Gasteiger partial charge in [0.25, 0.3) is 5.91 Å². The summed E-state index contributed by atoms with van der Waals surface area (Å²) in [6.45, 7) is 4.28. The van der Waals surface area contributed by atoms with Crippen LogP contribution in [0.2, 0.25) is 0 Å². The third-order valence-corrected chi connectivity index (χ3v) is 3.57. The maximum absolute atomic E-state index is 12.3. The van der Waals surface area contributed by atoms with E-state index >= 15 is 0 Å². The highest BCUT2D eigenvalue weighted by molar-refractivity contribution is 7.09. The molecule has 0 saturated carbocycles. The number of aromatic nitrogens is 3. The minimum absolute atomic E-state index is 0.120. The summed E-state index contributed by atoms with van der Waals surface area (Å²) in [6, 6.07) is 1.80. The molecule has 2 aromatic heterocycles. The summed E-state index contributed by atoms with van der Waals surface area (Å²) in [7, 11) is 3.54. The van der Waals surface area contributed by atoms with E-state index in [2.05, 4.69) is 23.9 Å². The molecule has 0 radical (unpaired) electrons. The van der Waals surface area contributed by atoms with Crippen LogP contribution in [0, 0.1) is 5.92 Å². The molecule has 0 N–H and O–H groups in total. The van der Waals surface area contributed by atoms with Gasteiger partial charge in [-0.2, -0.15) is 5.10 Å². The van der Waals surface area contributed by atoms with Gasteiger partial charge in [0.2, 0.25) is 0 Å². The SMILES string of the molecule is CC(C)Cc1nc(C(=O)N(C)c2ccn(C)n2)cs1. The molecule has 0 aromatic carbocycles. The van der Waals surface area contributed by atoms with Crippen LogP contribution in [0.4, 0.5) is 5.82 Å². The zero-order valence-electron chi connectivity index (χ0n) is 11.6. The average Bonchev–Trinajstić information content (AvgIpc) is 2.95. The molecule has 0 aliphatic rings. The number of thiazole rings is 1. The van der Waals surface area contributed by atoms with E-state index in [0.29, 0.717) is 17.4 Å². The molecular formula is C13H18N4OS. The van der Waals surface area contributed by atoms with Gasteiger partial charge in [0.05, 0.1) is 5.01 Å². The lowest BCUT2D eigenvalue weighted by Crippen LogP contribution is -2.27. The van der Waals surface area contributed by atoms with Gasteiger partial charge in [-0.05, 0) is 5.92 Å². The summed E-state index contributed by atoms with van der Waals surface area (Å²) >= 11 is 1.54. The molecule has 0 bridgehead atoms. The van der Waals surface area contributed by atoms with Gasteiger partial charge in [-0.25, -0.2) is 4.98 Å². The van der Waals surface area contributed by atoms with Gasteiger partial charge >= 0.3 is 0 Å². The summed E-state index contributed by atoms with van der Waals surface area (Å²) in [5, 5.41) is 7.04. The number of nitrogens with zero attached hydrogens (tertiary/aromatic N) is 4. The Morgan fingerprint density at radius 2 is 2.26 bits per heavy atom. The highest BCUT2D eigenvalue weighted by Gasteiger charge is 2.18. The number of amides is 1. The van der Waals surface area contributed by atoms with Gasteiger partial charge < -0.3 is 0 Å². The first-order valence-corrected chi connectivity index (χ1v) is 7.07. The second-order valence-electron chi connectivity index (χ2n) is 4.94. The van der Waals surface area contributed by atoms with Crippen molar-refractivity contribution in [1.82, 2.24) is 14.8 Å². The maximum atomic E-state index is 12.3. The van der Waals surface area contributed by atoms with E-state index < -0.39 is 0 Å². The van der Waals surface area contributed by atoms with Crippen LogP contribution < -0.4 is 4.90 Å². The fourth-order valence-electron chi connectivity index (χ4n) is 1.71. The van der Waals surface area contributed by atoms with Gasteiger partial charge in [-0.15, -0.1) is 11.3 Å². The van der Waals surface area contributed by atoms with Crippen LogP contribution in [-0.4, -0.2) is 27.7 Å². The summed E-state index contributed by atoms with van der Waals surface area (Å²) in [5.41, 5.74) is 0.494. The van der Waals surface area contributed by atoms with Crippen molar-refractivity contribution in [1.29, 1.82) is 0 Å². The fourth-order valence-corrected chi connectivity index (χ4v) is 2.69. The quantitative estimate of drug-likeness (QED) is 0.862. The largest absolute Gasteiger partial charge is 0.293 e. The molecule has 1 amide bonds. The lowest BCUT2D eigenvalue weighted by Gasteiger charge is -2.12. The first-order valence-electron chi connectivity index (χ1n) is 6.19. The molecule has 2 aromatic rings. The highest BCUT2D eigenvalue weighted by atomic mass is 32.1.